The normalized spacial score (nSPS) is 12.8. The molecule has 1 N–H and O–H groups in total. The molecule has 0 saturated heterocycles. The molecule has 0 saturated carbocycles. The summed E-state index contributed by atoms with van der Waals surface area (Å²) in [5.41, 5.74) is 3.62. The van der Waals surface area contributed by atoms with Gasteiger partial charge in [0.05, 0.1) is 11.5 Å². The first-order valence-corrected chi connectivity index (χ1v) is 7.98. The van der Waals surface area contributed by atoms with Gasteiger partial charge in [0, 0.05) is 47.2 Å². The summed E-state index contributed by atoms with van der Waals surface area (Å²) in [6.07, 6.45) is 3.39. The minimum absolute atomic E-state index is 0.00787. The third-order valence-corrected chi connectivity index (χ3v) is 4.23. The third-order valence-electron chi connectivity index (χ3n) is 4.23. The van der Waals surface area contributed by atoms with Gasteiger partial charge in [0.2, 0.25) is 0 Å². The predicted molar refractivity (Wildman–Crippen MR) is 97.6 cm³/mol. The van der Waals surface area contributed by atoms with Gasteiger partial charge in [-0.05, 0) is 42.0 Å². The zero-order chi connectivity index (χ0) is 18.1. The Bertz CT molecular complexity index is 1000. The zero-order valence-electron chi connectivity index (χ0n) is 13.6. The molecule has 0 aliphatic carbocycles. The second-order valence-corrected chi connectivity index (χ2v) is 5.90. The minimum atomic E-state index is -0.452. The summed E-state index contributed by atoms with van der Waals surface area (Å²) in [5.74, 6) is -0.157. The molecule has 2 heterocycles. The average Bonchev–Trinajstić information content (AvgIpc) is 2.99. The maximum atomic E-state index is 12.7. The molecule has 2 aromatic carbocycles. The van der Waals surface area contributed by atoms with E-state index in [-0.39, 0.29) is 11.6 Å². The van der Waals surface area contributed by atoms with Gasteiger partial charge in [-0.1, -0.05) is 6.07 Å². The molecule has 0 spiro atoms. The van der Waals surface area contributed by atoms with Gasteiger partial charge in [0.1, 0.15) is 0 Å². The fraction of sp³-hybridized carbons (Fsp3) is 0.0526. The number of nitrogens with one attached hydrogen (secondary N) is 1. The van der Waals surface area contributed by atoms with E-state index >= 15 is 0 Å². The number of nitro benzene ring substituents is 1. The summed E-state index contributed by atoms with van der Waals surface area (Å²) >= 11 is 0. The molecule has 0 fully saturated rings. The van der Waals surface area contributed by atoms with Crippen molar-refractivity contribution in [1.82, 2.24) is 4.98 Å². The lowest BCUT2D eigenvalue weighted by molar-refractivity contribution is -0.384. The van der Waals surface area contributed by atoms with Crippen molar-refractivity contribution in [2.45, 2.75) is 6.54 Å². The summed E-state index contributed by atoms with van der Waals surface area (Å²) in [7, 11) is 0. The van der Waals surface area contributed by atoms with E-state index in [9.17, 15) is 14.9 Å². The van der Waals surface area contributed by atoms with Crippen LogP contribution in [0.1, 0.15) is 15.9 Å². The van der Waals surface area contributed by atoms with Crippen molar-refractivity contribution < 1.29 is 9.72 Å². The third kappa shape index (κ3) is 2.86. The molecule has 0 radical (unpaired) electrons. The summed E-state index contributed by atoms with van der Waals surface area (Å²) in [6.45, 7) is 0.314. The number of rotatable bonds is 4. The number of nitrogens with zero attached hydrogens (tertiary/aromatic N) is 3. The topological polar surface area (TPSA) is 88.4 Å². The highest BCUT2D eigenvalue weighted by Gasteiger charge is 2.30. The van der Waals surface area contributed by atoms with Crippen molar-refractivity contribution in [3.8, 4) is 0 Å². The summed E-state index contributed by atoms with van der Waals surface area (Å²) in [5, 5.41) is 14.2. The number of hydrogen-bond acceptors (Lipinski definition) is 5. The Morgan fingerprint density at radius 2 is 1.85 bits per heavy atom. The summed E-state index contributed by atoms with van der Waals surface area (Å²) in [4.78, 5) is 28.8. The van der Waals surface area contributed by atoms with Crippen LogP contribution in [0.15, 0.2) is 67.0 Å². The SMILES string of the molecule is O=C1c2ccc([N+](=O)[O-])cc2CN1c1cccc(Nc2ccncc2)c1. The second-order valence-electron chi connectivity index (χ2n) is 5.90. The van der Waals surface area contributed by atoms with E-state index in [1.54, 1.807) is 17.3 Å². The fourth-order valence-electron chi connectivity index (χ4n) is 2.98. The molecular formula is C19H14N4O3. The van der Waals surface area contributed by atoms with Crippen molar-refractivity contribution >= 4 is 28.7 Å². The van der Waals surface area contributed by atoms with Gasteiger partial charge in [-0.25, -0.2) is 0 Å². The molecule has 128 valence electrons. The van der Waals surface area contributed by atoms with Gasteiger partial charge in [0.15, 0.2) is 0 Å². The second kappa shape index (κ2) is 6.29. The van der Waals surface area contributed by atoms with Gasteiger partial charge in [-0.3, -0.25) is 19.9 Å². The zero-order valence-corrected chi connectivity index (χ0v) is 13.6. The van der Waals surface area contributed by atoms with E-state index in [1.165, 1.54) is 18.2 Å². The number of aromatic nitrogens is 1. The van der Waals surface area contributed by atoms with Gasteiger partial charge in [0.25, 0.3) is 11.6 Å². The van der Waals surface area contributed by atoms with Crippen LogP contribution in [0.2, 0.25) is 0 Å². The van der Waals surface area contributed by atoms with Crippen LogP contribution in [-0.2, 0) is 6.54 Å². The lowest BCUT2D eigenvalue weighted by atomic mass is 10.1. The predicted octanol–water partition coefficient (Wildman–Crippen LogP) is 3.89. The van der Waals surface area contributed by atoms with Gasteiger partial charge in [-0.2, -0.15) is 0 Å². The van der Waals surface area contributed by atoms with Crippen LogP contribution in [0.25, 0.3) is 0 Å². The highest BCUT2D eigenvalue weighted by molar-refractivity contribution is 6.10. The van der Waals surface area contributed by atoms with E-state index in [0.717, 1.165) is 17.1 Å². The molecule has 0 atom stereocenters. The van der Waals surface area contributed by atoms with Crippen LogP contribution >= 0.6 is 0 Å². The molecular weight excluding hydrogens is 332 g/mol. The maximum absolute atomic E-state index is 12.7. The Morgan fingerprint density at radius 1 is 1.04 bits per heavy atom. The maximum Gasteiger partial charge on any atom is 0.269 e. The van der Waals surface area contributed by atoms with E-state index in [4.69, 9.17) is 0 Å². The number of hydrogen-bond donors (Lipinski definition) is 1. The van der Waals surface area contributed by atoms with Crippen LogP contribution in [0.3, 0.4) is 0 Å². The van der Waals surface area contributed by atoms with Crippen LogP contribution in [0.5, 0.6) is 0 Å². The number of amides is 1. The summed E-state index contributed by atoms with van der Waals surface area (Å²) < 4.78 is 0. The van der Waals surface area contributed by atoms with Crippen LogP contribution < -0.4 is 10.2 Å². The van der Waals surface area contributed by atoms with Crippen LogP contribution in [0.4, 0.5) is 22.7 Å². The molecule has 7 heteroatoms. The first-order chi connectivity index (χ1) is 12.6. The highest BCUT2D eigenvalue weighted by atomic mass is 16.6. The van der Waals surface area contributed by atoms with E-state index < -0.39 is 4.92 Å². The lowest BCUT2D eigenvalue weighted by Crippen LogP contribution is -2.22. The lowest BCUT2D eigenvalue weighted by Gasteiger charge is -2.17. The molecule has 7 nitrogen and oxygen atoms in total. The number of fused-ring (bicyclic) bond motifs is 1. The van der Waals surface area contributed by atoms with Gasteiger partial charge in [-0.15, -0.1) is 0 Å². The number of nitro groups is 1. The molecule has 1 amide bonds. The van der Waals surface area contributed by atoms with Gasteiger partial charge < -0.3 is 10.2 Å². The first kappa shape index (κ1) is 15.8. The van der Waals surface area contributed by atoms with Crippen molar-refractivity contribution in [3.05, 3.63) is 88.2 Å². The molecule has 26 heavy (non-hydrogen) atoms. The molecule has 1 aliphatic rings. The number of benzene rings is 2. The Labute approximate surface area is 149 Å². The summed E-state index contributed by atoms with van der Waals surface area (Å²) in [6, 6.07) is 15.5. The highest BCUT2D eigenvalue weighted by Crippen LogP contribution is 2.32. The van der Waals surface area contributed by atoms with E-state index in [2.05, 4.69) is 10.3 Å². The largest absolute Gasteiger partial charge is 0.355 e. The molecule has 0 unspecified atom stereocenters. The monoisotopic (exact) mass is 346 g/mol. The van der Waals surface area contributed by atoms with Crippen molar-refractivity contribution in [3.63, 3.8) is 0 Å². The number of non-ortho nitro benzene ring substituents is 1. The standard InChI is InChI=1S/C19H14N4O3/c24-19-18-5-4-17(23(25)26)10-13(18)12-22(19)16-3-1-2-15(11-16)21-14-6-8-20-9-7-14/h1-11H,12H2,(H,20,21). The number of pyridine rings is 1. The van der Waals surface area contributed by atoms with E-state index in [0.29, 0.717) is 17.7 Å². The fourth-order valence-corrected chi connectivity index (χ4v) is 2.98. The smallest absolute Gasteiger partial charge is 0.269 e. The Balaban J connectivity index is 1.61. The molecule has 3 aromatic rings. The molecule has 0 bridgehead atoms. The van der Waals surface area contributed by atoms with Crippen molar-refractivity contribution in [1.29, 1.82) is 0 Å². The van der Waals surface area contributed by atoms with Crippen molar-refractivity contribution in [2.75, 3.05) is 10.2 Å². The number of carbonyl (C=O) groups is 1. The van der Waals surface area contributed by atoms with Crippen LogP contribution in [0, 0.1) is 10.1 Å². The number of carbonyl (C=O) groups excluding carboxylic acids is 1. The van der Waals surface area contributed by atoms with Crippen LogP contribution in [-0.4, -0.2) is 15.8 Å². The quantitative estimate of drug-likeness (QED) is 0.572. The van der Waals surface area contributed by atoms with Gasteiger partial charge >= 0.3 is 0 Å². The minimum Gasteiger partial charge on any atom is -0.355 e. The molecule has 1 aliphatic heterocycles. The molecule has 4 rings (SSSR count). The van der Waals surface area contributed by atoms with Crippen molar-refractivity contribution in [2.24, 2.45) is 0 Å². The Kier molecular flexibility index (Phi) is 3.81. The first-order valence-electron chi connectivity index (χ1n) is 7.98. The average molecular weight is 346 g/mol. The van der Waals surface area contributed by atoms with E-state index in [1.807, 2.05) is 36.4 Å². The Hall–Kier alpha value is -3.74. The Morgan fingerprint density at radius 3 is 2.62 bits per heavy atom. The molecule has 1 aromatic heterocycles. The number of anilines is 3.